The lowest BCUT2D eigenvalue weighted by Crippen LogP contribution is -2.19. The molecule has 0 saturated carbocycles. The average Bonchev–Trinajstić information content (AvgIpc) is 2.73. The molecule has 1 aromatic carbocycles. The fraction of sp³-hybridized carbons (Fsp3) is 0.286. The molecular formula is C14H13BrOS. The van der Waals surface area contributed by atoms with E-state index in [1.807, 2.05) is 11.4 Å². The Balaban J connectivity index is 1.70. The number of benzene rings is 1. The molecule has 1 heterocycles. The van der Waals surface area contributed by atoms with Crippen LogP contribution >= 0.6 is 27.3 Å². The van der Waals surface area contributed by atoms with Crippen molar-refractivity contribution in [2.24, 2.45) is 0 Å². The normalized spacial score (nSPS) is 19.5. The van der Waals surface area contributed by atoms with Crippen molar-refractivity contribution in [2.75, 3.05) is 0 Å². The summed E-state index contributed by atoms with van der Waals surface area (Å²) in [6.45, 7) is 0. The van der Waals surface area contributed by atoms with Gasteiger partial charge in [0.25, 0.3) is 0 Å². The van der Waals surface area contributed by atoms with E-state index >= 15 is 0 Å². The maximum Gasteiger partial charge on any atom is 0.0804 e. The van der Waals surface area contributed by atoms with Crippen LogP contribution in [-0.4, -0.2) is 5.11 Å². The molecule has 3 heteroatoms. The molecule has 1 N–H and O–H groups in total. The van der Waals surface area contributed by atoms with Gasteiger partial charge in [-0.1, -0.05) is 24.3 Å². The number of halogens is 1. The number of aliphatic hydroxyl groups excluding tert-OH is 1. The zero-order valence-electron chi connectivity index (χ0n) is 9.27. The van der Waals surface area contributed by atoms with Gasteiger partial charge in [0, 0.05) is 0 Å². The van der Waals surface area contributed by atoms with Crippen LogP contribution in [0.5, 0.6) is 0 Å². The van der Waals surface area contributed by atoms with Crippen LogP contribution in [0, 0.1) is 0 Å². The van der Waals surface area contributed by atoms with Gasteiger partial charge in [0.05, 0.1) is 9.89 Å². The van der Waals surface area contributed by atoms with Gasteiger partial charge in [0.2, 0.25) is 0 Å². The third kappa shape index (κ3) is 2.19. The summed E-state index contributed by atoms with van der Waals surface area (Å²) < 4.78 is 1.08. The summed E-state index contributed by atoms with van der Waals surface area (Å²) in [5, 5.41) is 12.2. The Morgan fingerprint density at radius 3 is 2.94 bits per heavy atom. The van der Waals surface area contributed by atoms with Gasteiger partial charge in [0.15, 0.2) is 0 Å². The molecule has 17 heavy (non-hydrogen) atoms. The third-order valence-corrected chi connectivity index (χ3v) is 4.96. The quantitative estimate of drug-likeness (QED) is 0.897. The second-order valence-corrected chi connectivity index (χ2v) is 6.83. The van der Waals surface area contributed by atoms with E-state index in [-0.39, 0.29) is 6.10 Å². The Morgan fingerprint density at radius 2 is 2.24 bits per heavy atom. The Kier molecular flexibility index (Phi) is 3.07. The molecule has 88 valence electrons. The molecule has 0 saturated heterocycles. The van der Waals surface area contributed by atoms with E-state index in [0.29, 0.717) is 5.92 Å². The first-order valence-corrected chi connectivity index (χ1v) is 7.41. The van der Waals surface area contributed by atoms with Crippen LogP contribution in [0.2, 0.25) is 0 Å². The van der Waals surface area contributed by atoms with E-state index in [1.54, 1.807) is 11.3 Å². The zero-order valence-corrected chi connectivity index (χ0v) is 11.7. The van der Waals surface area contributed by atoms with Crippen LogP contribution in [0.1, 0.15) is 35.1 Å². The molecule has 1 aromatic heterocycles. The number of hydrogen-bond acceptors (Lipinski definition) is 2. The molecule has 1 aliphatic rings. The van der Waals surface area contributed by atoms with Gasteiger partial charge < -0.3 is 5.11 Å². The fourth-order valence-corrected chi connectivity index (χ4v) is 3.70. The SMILES string of the molecule is OC(CC1Cc2ccccc21)c1csc(Br)c1. The van der Waals surface area contributed by atoms with Gasteiger partial charge in [-0.25, -0.2) is 0 Å². The van der Waals surface area contributed by atoms with Crippen LogP contribution in [-0.2, 0) is 6.42 Å². The second kappa shape index (κ2) is 4.56. The second-order valence-electron chi connectivity index (χ2n) is 4.54. The predicted molar refractivity (Wildman–Crippen MR) is 74.5 cm³/mol. The zero-order chi connectivity index (χ0) is 11.8. The van der Waals surface area contributed by atoms with Crippen LogP contribution in [0.4, 0.5) is 0 Å². The number of thiophene rings is 1. The summed E-state index contributed by atoms with van der Waals surface area (Å²) in [5.74, 6) is 0.528. The predicted octanol–water partition coefficient (Wildman–Crippen LogP) is 4.27. The molecule has 0 radical (unpaired) electrons. The molecule has 2 aromatic rings. The summed E-state index contributed by atoms with van der Waals surface area (Å²) in [6.07, 6.45) is 1.61. The molecule has 0 amide bonds. The topological polar surface area (TPSA) is 20.2 Å². The Morgan fingerprint density at radius 1 is 1.41 bits per heavy atom. The molecular weight excluding hydrogens is 296 g/mol. The van der Waals surface area contributed by atoms with Crippen molar-refractivity contribution in [3.05, 3.63) is 56.2 Å². The largest absolute Gasteiger partial charge is 0.388 e. The lowest BCUT2D eigenvalue weighted by Gasteiger charge is -2.31. The number of aliphatic hydroxyl groups is 1. The molecule has 0 spiro atoms. The highest BCUT2D eigenvalue weighted by molar-refractivity contribution is 9.11. The van der Waals surface area contributed by atoms with Crippen molar-refractivity contribution in [3.63, 3.8) is 0 Å². The molecule has 0 aliphatic heterocycles. The monoisotopic (exact) mass is 308 g/mol. The molecule has 1 aliphatic carbocycles. The average molecular weight is 309 g/mol. The number of hydrogen-bond donors (Lipinski definition) is 1. The highest BCUT2D eigenvalue weighted by Crippen LogP contribution is 2.41. The smallest absolute Gasteiger partial charge is 0.0804 e. The molecule has 2 atom stereocenters. The summed E-state index contributed by atoms with van der Waals surface area (Å²) in [6, 6.07) is 10.5. The van der Waals surface area contributed by atoms with E-state index in [9.17, 15) is 5.11 Å². The highest BCUT2D eigenvalue weighted by Gasteiger charge is 2.28. The third-order valence-electron chi connectivity index (χ3n) is 3.44. The first kappa shape index (κ1) is 11.5. The van der Waals surface area contributed by atoms with E-state index in [1.165, 1.54) is 11.1 Å². The maximum absolute atomic E-state index is 10.2. The minimum absolute atomic E-state index is 0.337. The lowest BCUT2D eigenvalue weighted by molar-refractivity contribution is 0.154. The first-order valence-electron chi connectivity index (χ1n) is 5.74. The number of rotatable bonds is 3. The van der Waals surface area contributed by atoms with Crippen molar-refractivity contribution in [1.82, 2.24) is 0 Å². The van der Waals surface area contributed by atoms with Gasteiger partial charge in [0.1, 0.15) is 0 Å². The highest BCUT2D eigenvalue weighted by atomic mass is 79.9. The summed E-state index contributed by atoms with van der Waals surface area (Å²) >= 11 is 5.06. The van der Waals surface area contributed by atoms with E-state index in [0.717, 1.165) is 22.2 Å². The Bertz CT molecular complexity index is 535. The lowest BCUT2D eigenvalue weighted by atomic mass is 9.74. The summed E-state index contributed by atoms with van der Waals surface area (Å²) in [5.41, 5.74) is 3.89. The van der Waals surface area contributed by atoms with Crippen LogP contribution < -0.4 is 0 Å². The Labute approximate surface area is 113 Å². The van der Waals surface area contributed by atoms with E-state index < -0.39 is 0 Å². The van der Waals surface area contributed by atoms with Crippen molar-refractivity contribution < 1.29 is 5.11 Å². The van der Waals surface area contributed by atoms with Crippen molar-refractivity contribution in [1.29, 1.82) is 0 Å². The molecule has 1 nitrogen and oxygen atoms in total. The molecule has 0 bridgehead atoms. The van der Waals surface area contributed by atoms with Crippen LogP contribution in [0.25, 0.3) is 0 Å². The Hall–Kier alpha value is -0.640. The molecule has 3 rings (SSSR count). The van der Waals surface area contributed by atoms with Crippen molar-refractivity contribution >= 4 is 27.3 Å². The van der Waals surface area contributed by atoms with Crippen molar-refractivity contribution in [3.8, 4) is 0 Å². The standard InChI is InChI=1S/C14H13BrOS/c15-14-7-11(8-17-14)13(16)6-10-5-9-3-1-2-4-12(9)10/h1-4,7-8,10,13,16H,5-6H2. The van der Waals surface area contributed by atoms with E-state index in [2.05, 4.69) is 40.2 Å². The molecule has 2 unspecified atom stereocenters. The minimum atomic E-state index is -0.337. The van der Waals surface area contributed by atoms with Gasteiger partial charge in [-0.3, -0.25) is 0 Å². The van der Waals surface area contributed by atoms with Gasteiger partial charge >= 0.3 is 0 Å². The minimum Gasteiger partial charge on any atom is -0.388 e. The van der Waals surface area contributed by atoms with Gasteiger partial charge in [-0.15, -0.1) is 11.3 Å². The summed E-state index contributed by atoms with van der Waals surface area (Å²) in [4.78, 5) is 0. The van der Waals surface area contributed by atoms with Gasteiger partial charge in [-0.05, 0) is 62.8 Å². The van der Waals surface area contributed by atoms with Crippen LogP contribution in [0.3, 0.4) is 0 Å². The van der Waals surface area contributed by atoms with E-state index in [4.69, 9.17) is 0 Å². The summed E-state index contributed by atoms with van der Waals surface area (Å²) in [7, 11) is 0. The van der Waals surface area contributed by atoms with Crippen molar-refractivity contribution in [2.45, 2.75) is 24.9 Å². The fourth-order valence-electron chi connectivity index (χ4n) is 2.48. The maximum atomic E-state index is 10.2. The first-order chi connectivity index (χ1) is 8.24. The van der Waals surface area contributed by atoms with Gasteiger partial charge in [-0.2, -0.15) is 0 Å². The molecule has 0 fully saturated rings. The van der Waals surface area contributed by atoms with Crippen LogP contribution in [0.15, 0.2) is 39.5 Å². The number of fused-ring (bicyclic) bond motifs is 1.